The van der Waals surface area contributed by atoms with Crippen LogP contribution in [0.25, 0.3) is 11.0 Å². The van der Waals surface area contributed by atoms with Crippen LogP contribution >= 0.6 is 0 Å². The molecule has 116 valence electrons. The zero-order valence-electron chi connectivity index (χ0n) is 12.3. The van der Waals surface area contributed by atoms with Crippen molar-refractivity contribution in [1.82, 2.24) is 20.0 Å². The predicted molar refractivity (Wildman–Crippen MR) is 83.7 cm³/mol. The Morgan fingerprint density at radius 1 is 1.22 bits per heavy atom. The van der Waals surface area contributed by atoms with E-state index in [1.807, 2.05) is 24.3 Å². The standard InChI is InChI=1S/C16H15N5O2/c22-15(8-13-12-4-1-2-5-14(12)23-20-13)21-9-11(10-21)19-16-17-6-3-7-18-16/h1-7,11H,8-10H2,(H,17,18,19). The lowest BCUT2D eigenvalue weighted by Gasteiger charge is -2.39. The molecule has 1 fully saturated rings. The number of para-hydroxylation sites is 1. The third kappa shape index (κ3) is 2.73. The number of amides is 1. The molecule has 0 atom stereocenters. The van der Waals surface area contributed by atoms with Gasteiger partial charge < -0.3 is 14.7 Å². The maximum Gasteiger partial charge on any atom is 0.228 e. The van der Waals surface area contributed by atoms with Gasteiger partial charge in [-0.1, -0.05) is 17.3 Å². The highest BCUT2D eigenvalue weighted by atomic mass is 16.5. The van der Waals surface area contributed by atoms with E-state index in [-0.39, 0.29) is 18.4 Å². The smallest absolute Gasteiger partial charge is 0.228 e. The van der Waals surface area contributed by atoms with Crippen LogP contribution in [0.1, 0.15) is 5.69 Å². The Hall–Kier alpha value is -2.96. The van der Waals surface area contributed by atoms with Crippen LogP contribution in [-0.4, -0.2) is 45.1 Å². The van der Waals surface area contributed by atoms with Crippen LogP contribution < -0.4 is 5.32 Å². The Labute approximate surface area is 132 Å². The molecule has 0 aliphatic carbocycles. The van der Waals surface area contributed by atoms with Gasteiger partial charge >= 0.3 is 0 Å². The number of hydrogen-bond acceptors (Lipinski definition) is 6. The third-order valence-electron chi connectivity index (χ3n) is 3.90. The third-order valence-corrected chi connectivity index (χ3v) is 3.90. The van der Waals surface area contributed by atoms with E-state index in [9.17, 15) is 4.79 Å². The maximum absolute atomic E-state index is 12.3. The lowest BCUT2D eigenvalue weighted by molar-refractivity contribution is -0.134. The topological polar surface area (TPSA) is 84.2 Å². The molecule has 1 aliphatic heterocycles. The lowest BCUT2D eigenvalue weighted by Crippen LogP contribution is -2.57. The highest BCUT2D eigenvalue weighted by Crippen LogP contribution is 2.20. The van der Waals surface area contributed by atoms with Crippen molar-refractivity contribution in [1.29, 1.82) is 0 Å². The second kappa shape index (κ2) is 5.68. The molecule has 7 heteroatoms. The number of rotatable bonds is 4. The summed E-state index contributed by atoms with van der Waals surface area (Å²) in [5.74, 6) is 0.642. The number of hydrogen-bond donors (Lipinski definition) is 1. The summed E-state index contributed by atoms with van der Waals surface area (Å²) in [4.78, 5) is 22.3. The molecule has 0 bridgehead atoms. The summed E-state index contributed by atoms with van der Waals surface area (Å²) in [6.07, 6.45) is 3.63. The summed E-state index contributed by atoms with van der Waals surface area (Å²) < 4.78 is 5.23. The normalized spacial score (nSPS) is 14.7. The quantitative estimate of drug-likeness (QED) is 0.786. The molecular formula is C16H15N5O2. The molecule has 23 heavy (non-hydrogen) atoms. The van der Waals surface area contributed by atoms with Gasteiger partial charge in [-0.3, -0.25) is 4.79 Å². The first-order valence-corrected chi connectivity index (χ1v) is 7.44. The van der Waals surface area contributed by atoms with Crippen molar-refractivity contribution in [2.45, 2.75) is 12.5 Å². The summed E-state index contributed by atoms with van der Waals surface area (Å²) in [5, 5.41) is 8.10. The van der Waals surface area contributed by atoms with E-state index < -0.39 is 0 Å². The van der Waals surface area contributed by atoms with Gasteiger partial charge in [-0.15, -0.1) is 0 Å². The molecule has 0 radical (unpaired) electrons. The van der Waals surface area contributed by atoms with Crippen LogP contribution in [0, 0.1) is 0 Å². The van der Waals surface area contributed by atoms with Gasteiger partial charge in [0, 0.05) is 30.9 Å². The van der Waals surface area contributed by atoms with Gasteiger partial charge in [-0.05, 0) is 18.2 Å². The number of carbonyl (C=O) groups excluding carboxylic acids is 1. The summed E-state index contributed by atoms with van der Waals surface area (Å²) in [5.41, 5.74) is 1.40. The molecule has 4 rings (SSSR count). The number of anilines is 1. The van der Waals surface area contributed by atoms with Crippen LogP contribution in [0.5, 0.6) is 0 Å². The molecular weight excluding hydrogens is 294 g/mol. The Balaban J connectivity index is 1.35. The monoisotopic (exact) mass is 309 g/mol. The van der Waals surface area contributed by atoms with Crippen molar-refractivity contribution in [3.05, 3.63) is 48.4 Å². The molecule has 0 spiro atoms. The molecule has 2 aromatic heterocycles. The summed E-state index contributed by atoms with van der Waals surface area (Å²) in [6.45, 7) is 1.29. The molecule has 1 aliphatic rings. The molecule has 7 nitrogen and oxygen atoms in total. The summed E-state index contributed by atoms with van der Waals surface area (Å²) in [6, 6.07) is 9.52. The SMILES string of the molecule is O=C(Cc1noc2ccccc12)N1CC(Nc2ncccn2)C1. The van der Waals surface area contributed by atoms with Crippen molar-refractivity contribution in [2.24, 2.45) is 0 Å². The van der Waals surface area contributed by atoms with E-state index in [1.165, 1.54) is 0 Å². The largest absolute Gasteiger partial charge is 0.356 e. The van der Waals surface area contributed by atoms with Crippen molar-refractivity contribution in [3.63, 3.8) is 0 Å². The Morgan fingerprint density at radius 2 is 2.00 bits per heavy atom. The summed E-state index contributed by atoms with van der Waals surface area (Å²) in [7, 11) is 0. The van der Waals surface area contributed by atoms with Gasteiger partial charge in [0.1, 0.15) is 5.69 Å². The number of likely N-dealkylation sites (tertiary alicyclic amines) is 1. The number of aromatic nitrogens is 3. The first kappa shape index (κ1) is 13.7. The molecule has 0 unspecified atom stereocenters. The highest BCUT2D eigenvalue weighted by Gasteiger charge is 2.31. The Kier molecular flexibility index (Phi) is 3.38. The molecule has 1 aromatic carbocycles. The first-order valence-electron chi connectivity index (χ1n) is 7.44. The average molecular weight is 309 g/mol. The number of benzene rings is 1. The predicted octanol–water partition coefficient (Wildman–Crippen LogP) is 1.48. The lowest BCUT2D eigenvalue weighted by atomic mass is 10.1. The number of fused-ring (bicyclic) bond motifs is 1. The average Bonchev–Trinajstić information content (AvgIpc) is 2.94. The van der Waals surface area contributed by atoms with Gasteiger partial charge in [0.25, 0.3) is 0 Å². The van der Waals surface area contributed by atoms with Gasteiger partial charge in [0.15, 0.2) is 5.58 Å². The second-order valence-electron chi connectivity index (χ2n) is 5.51. The molecule has 1 amide bonds. The van der Waals surface area contributed by atoms with Gasteiger partial charge in [-0.25, -0.2) is 9.97 Å². The fourth-order valence-electron chi connectivity index (χ4n) is 2.65. The van der Waals surface area contributed by atoms with Crippen LogP contribution in [-0.2, 0) is 11.2 Å². The molecule has 0 saturated carbocycles. The van der Waals surface area contributed by atoms with E-state index in [4.69, 9.17) is 4.52 Å². The van der Waals surface area contributed by atoms with Gasteiger partial charge in [-0.2, -0.15) is 0 Å². The van der Waals surface area contributed by atoms with E-state index in [0.717, 1.165) is 5.39 Å². The molecule has 1 N–H and O–H groups in total. The summed E-state index contributed by atoms with van der Waals surface area (Å²) >= 11 is 0. The van der Waals surface area contributed by atoms with Crippen molar-refractivity contribution in [3.8, 4) is 0 Å². The maximum atomic E-state index is 12.3. The second-order valence-corrected chi connectivity index (χ2v) is 5.51. The first-order chi connectivity index (χ1) is 11.3. The van der Waals surface area contributed by atoms with Crippen molar-refractivity contribution >= 4 is 22.8 Å². The minimum atomic E-state index is 0.0519. The molecule has 3 heterocycles. The Bertz CT molecular complexity index is 827. The van der Waals surface area contributed by atoms with E-state index in [2.05, 4.69) is 20.4 Å². The van der Waals surface area contributed by atoms with Crippen LogP contribution in [0.4, 0.5) is 5.95 Å². The zero-order valence-corrected chi connectivity index (χ0v) is 12.3. The number of nitrogens with one attached hydrogen (secondary N) is 1. The van der Waals surface area contributed by atoms with Crippen LogP contribution in [0.15, 0.2) is 47.2 Å². The number of nitrogens with zero attached hydrogens (tertiary/aromatic N) is 4. The van der Waals surface area contributed by atoms with Crippen molar-refractivity contribution < 1.29 is 9.32 Å². The molecule has 1 saturated heterocycles. The highest BCUT2D eigenvalue weighted by molar-refractivity contribution is 5.86. The minimum Gasteiger partial charge on any atom is -0.356 e. The van der Waals surface area contributed by atoms with E-state index in [0.29, 0.717) is 30.3 Å². The fourth-order valence-corrected chi connectivity index (χ4v) is 2.65. The van der Waals surface area contributed by atoms with Crippen LogP contribution in [0.2, 0.25) is 0 Å². The van der Waals surface area contributed by atoms with E-state index in [1.54, 1.807) is 23.4 Å². The number of carbonyl (C=O) groups is 1. The zero-order chi connectivity index (χ0) is 15.6. The molecule has 3 aromatic rings. The minimum absolute atomic E-state index is 0.0519. The van der Waals surface area contributed by atoms with E-state index >= 15 is 0 Å². The van der Waals surface area contributed by atoms with Gasteiger partial charge in [0.05, 0.1) is 12.5 Å². The van der Waals surface area contributed by atoms with Gasteiger partial charge in [0.2, 0.25) is 11.9 Å². The fraction of sp³-hybridized carbons (Fsp3) is 0.250. The Morgan fingerprint density at radius 3 is 2.83 bits per heavy atom. The van der Waals surface area contributed by atoms with Crippen molar-refractivity contribution in [2.75, 3.05) is 18.4 Å². The van der Waals surface area contributed by atoms with Crippen LogP contribution in [0.3, 0.4) is 0 Å².